The highest BCUT2D eigenvalue weighted by atomic mass is 16.7. The molecule has 85 heavy (non-hydrogen) atoms. The molecule has 0 saturated carbocycles. The second-order valence-electron chi connectivity index (χ2n) is 20.9. The summed E-state index contributed by atoms with van der Waals surface area (Å²) in [4.78, 5) is 51.3. The number of carboxylic acids is 1. The van der Waals surface area contributed by atoms with Crippen molar-refractivity contribution in [1.82, 2.24) is 0 Å². The molecule has 0 aliphatic carbocycles. The van der Waals surface area contributed by atoms with Gasteiger partial charge in [-0.2, -0.15) is 0 Å². The van der Waals surface area contributed by atoms with E-state index in [1.165, 1.54) is 19.3 Å². The fourth-order valence-electron chi connectivity index (χ4n) is 8.43. The molecule has 0 amide bonds. The van der Waals surface area contributed by atoms with Gasteiger partial charge in [0, 0.05) is 19.3 Å². The summed E-state index contributed by atoms with van der Waals surface area (Å²) in [5, 5.41) is 31.6. The standard InChI is InChI=1S/C73H110O12/c1-4-7-10-13-16-19-22-25-28-31-33-36-38-41-44-47-50-53-56-59-65(74)81-62-64(83-66(75)60-57-54-51-48-45-42-40-37-34-32-29-26-23-20-17-14-11-8-5-2)63-82-73-71(69(78)68(77)70(85-73)72(79)80)84-67(76)61-58-55-52-49-46-43-39-35-30-27-24-21-18-15-12-9-6-3/h7,9-10,12,16-21,25-30,33-34,36-37,39,41,43-44,49-50,52-53,64,68-71,73,77-78H,4-6,8,11,13-15,22-24,31-32,35,38,40,42,45-48,51,54-63H2,1-3H3,(H,79,80)/b10-7-,12-9-,19-16-,20-17-,21-18-,28-25-,29-26-,30-27-,36-33-,37-34-,43-39-,44-41-,52-49-,53-50-. The van der Waals surface area contributed by atoms with Gasteiger partial charge in [-0.15, -0.1) is 0 Å². The second-order valence-corrected chi connectivity index (χ2v) is 20.9. The topological polar surface area (TPSA) is 175 Å². The third-order valence-electron chi connectivity index (χ3n) is 13.3. The number of aliphatic hydroxyl groups is 2. The highest BCUT2D eigenvalue weighted by Crippen LogP contribution is 2.26. The van der Waals surface area contributed by atoms with Crippen molar-refractivity contribution < 1.29 is 58.2 Å². The maximum atomic E-state index is 13.2. The smallest absolute Gasteiger partial charge is 0.335 e. The lowest BCUT2D eigenvalue weighted by Gasteiger charge is -2.40. The molecule has 1 heterocycles. The van der Waals surface area contributed by atoms with E-state index in [0.29, 0.717) is 32.1 Å². The zero-order chi connectivity index (χ0) is 61.7. The largest absolute Gasteiger partial charge is 0.479 e. The summed E-state index contributed by atoms with van der Waals surface area (Å²) in [6.45, 7) is 5.63. The number of carboxylic acid groups (broad SMARTS) is 1. The molecule has 1 fully saturated rings. The first kappa shape index (κ1) is 77.1. The lowest BCUT2D eigenvalue weighted by molar-refractivity contribution is -0.301. The van der Waals surface area contributed by atoms with Crippen LogP contribution in [0.2, 0.25) is 0 Å². The van der Waals surface area contributed by atoms with E-state index in [9.17, 15) is 34.5 Å². The second kappa shape index (κ2) is 58.5. The lowest BCUT2D eigenvalue weighted by Crippen LogP contribution is -2.61. The molecule has 6 unspecified atom stereocenters. The number of carbonyl (C=O) groups excluding carboxylic acids is 3. The minimum Gasteiger partial charge on any atom is -0.479 e. The molecule has 12 heteroatoms. The van der Waals surface area contributed by atoms with E-state index in [-0.39, 0.29) is 25.9 Å². The third kappa shape index (κ3) is 48.0. The fraction of sp³-hybridized carbons (Fsp3) is 0.562. The highest BCUT2D eigenvalue weighted by Gasteiger charge is 2.50. The number of esters is 3. The van der Waals surface area contributed by atoms with Crippen molar-refractivity contribution in [2.24, 2.45) is 0 Å². The van der Waals surface area contributed by atoms with Crippen LogP contribution in [0.15, 0.2) is 170 Å². The molecule has 474 valence electrons. The average Bonchev–Trinajstić information content (AvgIpc) is 3.46. The van der Waals surface area contributed by atoms with Crippen LogP contribution in [0.25, 0.3) is 0 Å². The van der Waals surface area contributed by atoms with Gasteiger partial charge in [-0.1, -0.05) is 229 Å². The molecular formula is C73H110O12. The summed E-state index contributed by atoms with van der Waals surface area (Å²) in [6.07, 6.45) is 74.7. The number of aliphatic hydroxyl groups excluding tert-OH is 2. The molecule has 6 atom stereocenters. The summed E-state index contributed by atoms with van der Waals surface area (Å²) < 4.78 is 28.4. The first-order chi connectivity index (χ1) is 41.6. The van der Waals surface area contributed by atoms with Crippen LogP contribution in [0, 0.1) is 0 Å². The van der Waals surface area contributed by atoms with Crippen molar-refractivity contribution in [3.63, 3.8) is 0 Å². The van der Waals surface area contributed by atoms with Crippen LogP contribution in [0.1, 0.15) is 213 Å². The Hall–Kier alpha value is -5.92. The molecular weight excluding hydrogens is 1070 g/mol. The molecule has 0 radical (unpaired) electrons. The van der Waals surface area contributed by atoms with Crippen molar-refractivity contribution in [3.05, 3.63) is 170 Å². The molecule has 1 rings (SSSR count). The summed E-state index contributed by atoms with van der Waals surface area (Å²) in [5.41, 5.74) is 0. The predicted molar refractivity (Wildman–Crippen MR) is 348 cm³/mol. The summed E-state index contributed by atoms with van der Waals surface area (Å²) in [5.74, 6) is -3.35. The van der Waals surface area contributed by atoms with Gasteiger partial charge < -0.3 is 39.0 Å². The molecule has 0 aromatic heterocycles. The average molecular weight is 1180 g/mol. The number of hydrogen-bond acceptors (Lipinski definition) is 11. The summed E-state index contributed by atoms with van der Waals surface area (Å²) >= 11 is 0. The minimum absolute atomic E-state index is 0.0370. The zero-order valence-corrected chi connectivity index (χ0v) is 52.3. The predicted octanol–water partition coefficient (Wildman–Crippen LogP) is 17.5. The van der Waals surface area contributed by atoms with Gasteiger partial charge in [-0.05, 0) is 135 Å². The molecule has 1 aliphatic rings. The van der Waals surface area contributed by atoms with Crippen LogP contribution in [0.4, 0.5) is 0 Å². The number of allylic oxidation sites excluding steroid dienone is 28. The van der Waals surface area contributed by atoms with Crippen LogP contribution in [0.5, 0.6) is 0 Å². The van der Waals surface area contributed by atoms with E-state index in [4.69, 9.17) is 23.7 Å². The Morgan fingerprint density at radius 3 is 1.21 bits per heavy atom. The van der Waals surface area contributed by atoms with Crippen LogP contribution in [0.3, 0.4) is 0 Å². The lowest BCUT2D eigenvalue weighted by atomic mass is 9.98. The first-order valence-electron chi connectivity index (χ1n) is 32.1. The molecule has 0 bridgehead atoms. The maximum Gasteiger partial charge on any atom is 0.335 e. The van der Waals surface area contributed by atoms with Gasteiger partial charge in [0.05, 0.1) is 6.61 Å². The third-order valence-corrected chi connectivity index (χ3v) is 13.3. The molecule has 0 spiro atoms. The van der Waals surface area contributed by atoms with Gasteiger partial charge >= 0.3 is 23.9 Å². The van der Waals surface area contributed by atoms with Gasteiger partial charge in [0.25, 0.3) is 0 Å². The van der Waals surface area contributed by atoms with Gasteiger partial charge in [-0.3, -0.25) is 14.4 Å². The summed E-state index contributed by atoms with van der Waals surface area (Å²) in [6, 6.07) is 0. The van der Waals surface area contributed by atoms with Crippen molar-refractivity contribution >= 4 is 23.9 Å². The number of carbonyl (C=O) groups is 4. The Bertz CT molecular complexity index is 2130. The Kier molecular flexibility index (Phi) is 53.0. The summed E-state index contributed by atoms with van der Waals surface area (Å²) in [7, 11) is 0. The molecule has 3 N–H and O–H groups in total. The monoisotopic (exact) mass is 1180 g/mol. The van der Waals surface area contributed by atoms with Crippen molar-refractivity contribution in [2.45, 2.75) is 250 Å². The van der Waals surface area contributed by atoms with Gasteiger partial charge in [0.15, 0.2) is 24.6 Å². The minimum atomic E-state index is -1.95. The zero-order valence-electron chi connectivity index (χ0n) is 52.3. The highest BCUT2D eigenvalue weighted by molar-refractivity contribution is 5.74. The van der Waals surface area contributed by atoms with E-state index in [0.717, 1.165) is 122 Å². The molecule has 0 aromatic carbocycles. The van der Waals surface area contributed by atoms with E-state index in [1.54, 1.807) is 0 Å². The van der Waals surface area contributed by atoms with E-state index < -0.39 is 67.3 Å². The Labute approximate surface area is 513 Å². The number of ether oxygens (including phenoxy) is 5. The van der Waals surface area contributed by atoms with Crippen molar-refractivity contribution in [1.29, 1.82) is 0 Å². The van der Waals surface area contributed by atoms with Gasteiger partial charge in [0.2, 0.25) is 0 Å². The van der Waals surface area contributed by atoms with E-state index in [1.807, 2.05) is 24.3 Å². The molecule has 12 nitrogen and oxygen atoms in total. The van der Waals surface area contributed by atoms with Crippen molar-refractivity contribution in [2.75, 3.05) is 13.2 Å². The molecule has 0 aromatic rings. The Morgan fingerprint density at radius 2 is 0.776 bits per heavy atom. The van der Waals surface area contributed by atoms with E-state index in [2.05, 4.69) is 167 Å². The first-order valence-corrected chi connectivity index (χ1v) is 32.1. The van der Waals surface area contributed by atoms with Gasteiger partial charge in [-0.25, -0.2) is 4.79 Å². The quantitative estimate of drug-likeness (QED) is 0.0228. The van der Waals surface area contributed by atoms with E-state index >= 15 is 0 Å². The number of hydrogen-bond donors (Lipinski definition) is 3. The fourth-order valence-corrected chi connectivity index (χ4v) is 8.43. The number of aliphatic carboxylic acids is 1. The molecule has 1 saturated heterocycles. The number of unbranched alkanes of at least 4 members (excludes halogenated alkanes) is 10. The van der Waals surface area contributed by atoms with Crippen molar-refractivity contribution in [3.8, 4) is 0 Å². The Morgan fingerprint density at radius 1 is 0.400 bits per heavy atom. The van der Waals surface area contributed by atoms with Crippen LogP contribution < -0.4 is 0 Å². The number of rotatable bonds is 52. The normalized spacial score (nSPS) is 18.6. The van der Waals surface area contributed by atoms with Crippen LogP contribution >= 0.6 is 0 Å². The van der Waals surface area contributed by atoms with Crippen LogP contribution in [-0.2, 0) is 42.9 Å². The SMILES string of the molecule is CC/C=C\C/C=C\C/C=C\C/C=C\C/C=C\C/C=C\CCC(=O)OCC(COC1OC(C(=O)O)C(O)C(O)C1OC(=O)CCC/C=C\C/C=C\C/C=C\C/C=C\C/C=C\CC)OC(=O)CCCCCCCC/C=C\C/C=C\C/C=C\CCCCC. The maximum absolute atomic E-state index is 13.2. The molecule has 1 aliphatic heterocycles. The van der Waals surface area contributed by atoms with Gasteiger partial charge in [0.1, 0.15) is 18.8 Å². The Balaban J connectivity index is 2.78. The van der Waals surface area contributed by atoms with Crippen LogP contribution in [-0.4, -0.2) is 89.2 Å².